The van der Waals surface area contributed by atoms with Crippen LogP contribution in [0.4, 0.5) is 4.79 Å². The maximum atomic E-state index is 12.7. The summed E-state index contributed by atoms with van der Waals surface area (Å²) in [4.78, 5) is 35.8. The van der Waals surface area contributed by atoms with Crippen LogP contribution < -0.4 is 16.0 Å². The zero-order valence-corrected chi connectivity index (χ0v) is 16.3. The van der Waals surface area contributed by atoms with Gasteiger partial charge < -0.3 is 26.2 Å². The lowest BCUT2D eigenvalue weighted by Crippen LogP contribution is -2.51. The molecule has 3 amide bonds. The van der Waals surface area contributed by atoms with Gasteiger partial charge in [0.15, 0.2) is 0 Å². The molecule has 1 heterocycles. The monoisotopic (exact) mass is 383 g/mol. The molecule has 8 nitrogen and oxygen atoms in total. The second-order valence-corrected chi connectivity index (χ2v) is 8.64. The molecule has 2 fully saturated rings. The highest BCUT2D eigenvalue weighted by Crippen LogP contribution is 2.29. The summed E-state index contributed by atoms with van der Waals surface area (Å²) in [6.45, 7) is 3.59. The van der Waals surface area contributed by atoms with Gasteiger partial charge in [0.1, 0.15) is 6.04 Å². The van der Waals surface area contributed by atoms with Crippen molar-refractivity contribution in [2.75, 3.05) is 6.61 Å². The van der Waals surface area contributed by atoms with E-state index in [9.17, 15) is 19.5 Å². The number of amides is 3. The van der Waals surface area contributed by atoms with Gasteiger partial charge in [0.05, 0.1) is 12.6 Å². The minimum Gasteiger partial charge on any atom is -0.465 e. The smallest absolute Gasteiger partial charge is 0.405 e. The van der Waals surface area contributed by atoms with E-state index in [0.29, 0.717) is 25.2 Å². The van der Waals surface area contributed by atoms with Crippen molar-refractivity contribution in [3.63, 3.8) is 0 Å². The van der Waals surface area contributed by atoms with Crippen molar-refractivity contribution in [3.8, 4) is 0 Å². The average Bonchev–Trinajstić information content (AvgIpc) is 2.85. The van der Waals surface area contributed by atoms with E-state index < -0.39 is 24.1 Å². The molecule has 0 aromatic heterocycles. The molecule has 2 aliphatic rings. The number of nitrogens with one attached hydrogen (secondary N) is 3. The molecule has 0 aromatic carbocycles. The Morgan fingerprint density at radius 3 is 2.37 bits per heavy atom. The molecular formula is C19H33N3O5. The molecule has 0 bridgehead atoms. The molecule has 5 N–H and O–H groups in total. The van der Waals surface area contributed by atoms with Gasteiger partial charge in [0.2, 0.25) is 11.8 Å². The number of carbonyl (C=O) groups is 3. The number of aliphatic hydroxyl groups excluding tert-OH is 1. The van der Waals surface area contributed by atoms with Crippen molar-refractivity contribution < 1.29 is 24.6 Å². The average molecular weight is 383 g/mol. The molecule has 27 heavy (non-hydrogen) atoms. The van der Waals surface area contributed by atoms with Crippen molar-refractivity contribution in [1.29, 1.82) is 0 Å². The summed E-state index contributed by atoms with van der Waals surface area (Å²) in [7, 11) is 0. The van der Waals surface area contributed by atoms with Gasteiger partial charge in [-0.25, -0.2) is 4.79 Å². The third-order valence-corrected chi connectivity index (χ3v) is 5.63. The quantitative estimate of drug-likeness (QED) is 0.433. The zero-order valence-electron chi connectivity index (χ0n) is 16.3. The fourth-order valence-electron chi connectivity index (χ4n) is 4.35. The molecule has 1 saturated carbocycles. The van der Waals surface area contributed by atoms with Gasteiger partial charge in [-0.15, -0.1) is 0 Å². The number of rotatable bonds is 8. The van der Waals surface area contributed by atoms with Crippen LogP contribution in [0.1, 0.15) is 65.2 Å². The lowest BCUT2D eigenvalue weighted by atomic mass is 9.84. The second kappa shape index (κ2) is 9.39. The SMILES string of the molecule is CC1(C)CC(CC(CO)NC(=O)C(CC2CCCCC2)NC(=O)O)C(=O)N1. The van der Waals surface area contributed by atoms with E-state index in [1.165, 1.54) is 6.42 Å². The predicted octanol–water partition coefficient (Wildman–Crippen LogP) is 1.37. The molecule has 154 valence electrons. The highest BCUT2D eigenvalue weighted by Gasteiger charge is 2.38. The predicted molar refractivity (Wildman–Crippen MR) is 100 cm³/mol. The number of aliphatic hydroxyl groups is 1. The molecular weight excluding hydrogens is 350 g/mol. The van der Waals surface area contributed by atoms with Gasteiger partial charge in [0.25, 0.3) is 0 Å². The zero-order chi connectivity index (χ0) is 20.0. The Morgan fingerprint density at radius 2 is 1.85 bits per heavy atom. The second-order valence-electron chi connectivity index (χ2n) is 8.64. The van der Waals surface area contributed by atoms with Gasteiger partial charge in [-0.1, -0.05) is 32.1 Å². The summed E-state index contributed by atoms with van der Waals surface area (Å²) in [5, 5.41) is 26.7. The minimum atomic E-state index is -1.23. The third-order valence-electron chi connectivity index (χ3n) is 5.63. The summed E-state index contributed by atoms with van der Waals surface area (Å²) in [6, 6.07) is -1.42. The van der Waals surface area contributed by atoms with E-state index in [1.807, 2.05) is 13.8 Å². The van der Waals surface area contributed by atoms with E-state index >= 15 is 0 Å². The Morgan fingerprint density at radius 1 is 1.19 bits per heavy atom. The molecule has 1 aliphatic heterocycles. The van der Waals surface area contributed by atoms with Gasteiger partial charge in [-0.2, -0.15) is 0 Å². The van der Waals surface area contributed by atoms with Crippen molar-refractivity contribution in [2.45, 2.75) is 82.8 Å². The molecule has 1 aliphatic carbocycles. The Bertz CT molecular complexity index is 545. The Labute approximate surface area is 160 Å². The first-order chi connectivity index (χ1) is 12.7. The first-order valence-corrected chi connectivity index (χ1v) is 9.93. The summed E-state index contributed by atoms with van der Waals surface area (Å²) in [5.41, 5.74) is -0.292. The van der Waals surface area contributed by atoms with Crippen LogP contribution in [-0.2, 0) is 9.59 Å². The van der Waals surface area contributed by atoms with Crippen LogP contribution in [0.25, 0.3) is 0 Å². The van der Waals surface area contributed by atoms with Crippen molar-refractivity contribution in [3.05, 3.63) is 0 Å². The minimum absolute atomic E-state index is 0.0740. The number of carbonyl (C=O) groups excluding carboxylic acids is 2. The highest BCUT2D eigenvalue weighted by molar-refractivity contribution is 5.86. The maximum absolute atomic E-state index is 12.7. The summed E-state index contributed by atoms with van der Waals surface area (Å²) >= 11 is 0. The number of hydrogen-bond donors (Lipinski definition) is 5. The Balaban J connectivity index is 1.94. The molecule has 0 spiro atoms. The molecule has 8 heteroatoms. The lowest BCUT2D eigenvalue weighted by molar-refractivity contribution is -0.126. The summed E-state index contributed by atoms with van der Waals surface area (Å²) in [6.07, 6.45) is 5.62. The van der Waals surface area contributed by atoms with Crippen LogP contribution in [0.5, 0.6) is 0 Å². The van der Waals surface area contributed by atoms with E-state index in [1.54, 1.807) is 0 Å². The largest absolute Gasteiger partial charge is 0.465 e. The van der Waals surface area contributed by atoms with Crippen LogP contribution in [0.2, 0.25) is 0 Å². The molecule has 0 aromatic rings. The highest BCUT2D eigenvalue weighted by atomic mass is 16.4. The fraction of sp³-hybridized carbons (Fsp3) is 0.842. The Hall–Kier alpha value is -1.83. The van der Waals surface area contributed by atoms with Crippen LogP contribution in [0.3, 0.4) is 0 Å². The van der Waals surface area contributed by atoms with E-state index in [2.05, 4.69) is 16.0 Å². The van der Waals surface area contributed by atoms with Crippen LogP contribution >= 0.6 is 0 Å². The van der Waals surface area contributed by atoms with Crippen LogP contribution in [0.15, 0.2) is 0 Å². The number of carboxylic acid groups (broad SMARTS) is 1. The van der Waals surface area contributed by atoms with Crippen molar-refractivity contribution in [2.24, 2.45) is 11.8 Å². The van der Waals surface area contributed by atoms with E-state index in [0.717, 1.165) is 25.7 Å². The van der Waals surface area contributed by atoms with Crippen LogP contribution in [0, 0.1) is 11.8 Å². The summed E-state index contributed by atoms with van der Waals surface area (Å²) in [5.74, 6) is -0.452. The molecule has 3 unspecified atom stereocenters. The fourth-order valence-corrected chi connectivity index (χ4v) is 4.35. The normalized spacial score (nSPS) is 24.7. The first-order valence-electron chi connectivity index (χ1n) is 9.93. The standard InChI is InChI=1S/C19H33N3O5/c1-19(2)10-13(16(24)22-19)9-14(11-23)20-17(25)15(21-18(26)27)8-12-6-4-3-5-7-12/h12-15,21,23H,3-11H2,1-2H3,(H,20,25)(H,22,24)(H,26,27). The third kappa shape index (κ3) is 6.68. The Kier molecular flexibility index (Phi) is 7.47. The molecule has 1 saturated heterocycles. The van der Waals surface area contributed by atoms with Gasteiger partial charge >= 0.3 is 6.09 Å². The van der Waals surface area contributed by atoms with Crippen molar-refractivity contribution >= 4 is 17.9 Å². The van der Waals surface area contributed by atoms with E-state index in [4.69, 9.17) is 5.11 Å². The first kappa shape index (κ1) is 21.5. The number of hydrogen-bond acceptors (Lipinski definition) is 4. The molecule has 3 atom stereocenters. The topological polar surface area (TPSA) is 128 Å². The van der Waals surface area contributed by atoms with Gasteiger partial charge in [-0.3, -0.25) is 9.59 Å². The molecule has 0 radical (unpaired) electrons. The maximum Gasteiger partial charge on any atom is 0.405 e. The van der Waals surface area contributed by atoms with Crippen LogP contribution in [-0.4, -0.2) is 52.4 Å². The lowest BCUT2D eigenvalue weighted by Gasteiger charge is -2.27. The van der Waals surface area contributed by atoms with Gasteiger partial charge in [0, 0.05) is 11.5 Å². The van der Waals surface area contributed by atoms with Gasteiger partial charge in [-0.05, 0) is 39.0 Å². The van der Waals surface area contributed by atoms with Crippen molar-refractivity contribution in [1.82, 2.24) is 16.0 Å². The summed E-state index contributed by atoms with van der Waals surface area (Å²) < 4.78 is 0. The molecule has 2 rings (SSSR count). The van der Waals surface area contributed by atoms with E-state index in [-0.39, 0.29) is 24.0 Å².